The van der Waals surface area contributed by atoms with E-state index in [1.54, 1.807) is 4.90 Å². The van der Waals surface area contributed by atoms with Crippen molar-refractivity contribution in [1.82, 2.24) is 24.4 Å². The monoisotopic (exact) mass is 300 g/mol. The number of amides is 1. The largest absolute Gasteiger partial charge is 0.333 e. The van der Waals surface area contributed by atoms with Gasteiger partial charge in [-0.1, -0.05) is 0 Å². The van der Waals surface area contributed by atoms with E-state index in [1.165, 1.54) is 0 Å². The Bertz CT molecular complexity index is 615. The first kappa shape index (κ1) is 13.5. The van der Waals surface area contributed by atoms with Crippen molar-refractivity contribution in [2.24, 2.45) is 5.14 Å². The number of carbonyl (C=O) groups excluding carboxylic acids is 1. The Morgan fingerprint density at radius 3 is 2.45 bits per heavy atom. The molecule has 0 bridgehead atoms. The molecule has 0 atom stereocenters. The standard InChI is InChI=1S/C10H16N6O3S/c11-20(18,19)16-5-3-15(4-6-16)10(17)9-12-8(13-14-9)7-1-2-7/h7H,1-6H2,(H2,11,18,19)(H,12,13,14). The smallest absolute Gasteiger partial charge is 0.293 e. The molecule has 110 valence electrons. The van der Waals surface area contributed by atoms with E-state index in [9.17, 15) is 13.2 Å². The second-order valence-electron chi connectivity index (χ2n) is 5.05. The van der Waals surface area contributed by atoms with Gasteiger partial charge in [0.2, 0.25) is 5.82 Å². The SMILES string of the molecule is NS(=O)(=O)N1CCN(C(=O)c2n[nH]c(C3CC3)n2)CC1. The second-order valence-corrected chi connectivity index (χ2v) is 6.60. The normalized spacial score (nSPS) is 21.1. The summed E-state index contributed by atoms with van der Waals surface area (Å²) < 4.78 is 23.5. The molecule has 2 aliphatic rings. The van der Waals surface area contributed by atoms with Crippen LogP contribution in [0.25, 0.3) is 0 Å². The van der Waals surface area contributed by atoms with Gasteiger partial charge in [0.1, 0.15) is 5.82 Å². The lowest BCUT2D eigenvalue weighted by molar-refractivity contribution is 0.0686. The van der Waals surface area contributed by atoms with Crippen LogP contribution >= 0.6 is 0 Å². The van der Waals surface area contributed by atoms with Gasteiger partial charge in [0.05, 0.1) is 0 Å². The van der Waals surface area contributed by atoms with Crippen molar-refractivity contribution in [3.63, 3.8) is 0 Å². The van der Waals surface area contributed by atoms with E-state index in [1.807, 2.05) is 0 Å². The number of nitrogens with one attached hydrogen (secondary N) is 1. The van der Waals surface area contributed by atoms with Gasteiger partial charge < -0.3 is 4.90 Å². The molecular formula is C10H16N6O3S. The number of aromatic amines is 1. The highest BCUT2D eigenvalue weighted by atomic mass is 32.2. The molecule has 0 unspecified atom stereocenters. The number of piperazine rings is 1. The van der Waals surface area contributed by atoms with Gasteiger partial charge in [0, 0.05) is 32.1 Å². The van der Waals surface area contributed by atoms with Crippen molar-refractivity contribution >= 4 is 16.1 Å². The van der Waals surface area contributed by atoms with Crippen LogP contribution in [0, 0.1) is 0 Å². The zero-order chi connectivity index (χ0) is 14.3. The fourth-order valence-corrected chi connectivity index (χ4v) is 2.87. The molecule has 3 rings (SSSR count). The first-order chi connectivity index (χ1) is 9.45. The van der Waals surface area contributed by atoms with E-state index in [-0.39, 0.29) is 24.8 Å². The molecule has 1 aliphatic carbocycles. The summed E-state index contributed by atoms with van der Waals surface area (Å²) in [5, 5.41) is 11.8. The maximum atomic E-state index is 12.2. The average Bonchev–Trinajstić information content (AvgIpc) is 3.15. The van der Waals surface area contributed by atoms with Crippen LogP contribution in [0.3, 0.4) is 0 Å². The number of rotatable bonds is 3. The molecule has 2 heterocycles. The van der Waals surface area contributed by atoms with Crippen molar-refractivity contribution in [2.45, 2.75) is 18.8 Å². The van der Waals surface area contributed by atoms with Gasteiger partial charge in [0.25, 0.3) is 16.1 Å². The lowest BCUT2D eigenvalue weighted by atomic mass is 10.3. The minimum Gasteiger partial charge on any atom is -0.333 e. The molecule has 0 aromatic carbocycles. The number of H-pyrrole nitrogens is 1. The highest BCUT2D eigenvalue weighted by Gasteiger charge is 2.31. The number of nitrogens with two attached hydrogens (primary N) is 1. The van der Waals surface area contributed by atoms with E-state index in [0.29, 0.717) is 19.0 Å². The lowest BCUT2D eigenvalue weighted by Gasteiger charge is -2.32. The molecule has 0 radical (unpaired) electrons. The predicted molar refractivity (Wildman–Crippen MR) is 68.9 cm³/mol. The summed E-state index contributed by atoms with van der Waals surface area (Å²) in [4.78, 5) is 17.9. The van der Waals surface area contributed by atoms with Crippen molar-refractivity contribution in [3.05, 3.63) is 11.6 Å². The molecular weight excluding hydrogens is 284 g/mol. The molecule has 20 heavy (non-hydrogen) atoms. The van der Waals surface area contributed by atoms with Crippen LogP contribution < -0.4 is 5.14 Å². The van der Waals surface area contributed by atoms with Crippen LogP contribution in [0.5, 0.6) is 0 Å². The number of hydrogen-bond acceptors (Lipinski definition) is 5. The zero-order valence-electron chi connectivity index (χ0n) is 10.8. The maximum absolute atomic E-state index is 12.2. The number of carbonyl (C=O) groups is 1. The summed E-state index contributed by atoms with van der Waals surface area (Å²) in [6, 6.07) is 0. The Hall–Kier alpha value is -1.52. The second kappa shape index (κ2) is 4.79. The van der Waals surface area contributed by atoms with E-state index < -0.39 is 10.2 Å². The van der Waals surface area contributed by atoms with E-state index >= 15 is 0 Å². The van der Waals surface area contributed by atoms with Gasteiger partial charge in [0.15, 0.2) is 0 Å². The average molecular weight is 300 g/mol. The van der Waals surface area contributed by atoms with E-state index in [2.05, 4.69) is 15.2 Å². The van der Waals surface area contributed by atoms with Gasteiger partial charge >= 0.3 is 0 Å². The van der Waals surface area contributed by atoms with Crippen LogP contribution in [0.1, 0.15) is 35.2 Å². The Labute approximate surface area is 116 Å². The minimum atomic E-state index is -3.68. The molecule has 3 N–H and O–H groups in total. The summed E-state index contributed by atoms with van der Waals surface area (Å²) >= 11 is 0. The van der Waals surface area contributed by atoms with Crippen molar-refractivity contribution in [2.75, 3.05) is 26.2 Å². The van der Waals surface area contributed by atoms with Crippen LogP contribution in [0.2, 0.25) is 0 Å². The van der Waals surface area contributed by atoms with Gasteiger partial charge in [-0.25, -0.2) is 10.1 Å². The topological polar surface area (TPSA) is 125 Å². The van der Waals surface area contributed by atoms with Crippen molar-refractivity contribution in [3.8, 4) is 0 Å². The first-order valence-electron chi connectivity index (χ1n) is 6.44. The van der Waals surface area contributed by atoms with Gasteiger partial charge in [-0.2, -0.15) is 12.7 Å². The van der Waals surface area contributed by atoms with Crippen LogP contribution in [-0.4, -0.2) is 64.9 Å². The van der Waals surface area contributed by atoms with Crippen LogP contribution in [0.15, 0.2) is 0 Å². The van der Waals surface area contributed by atoms with Crippen molar-refractivity contribution in [1.29, 1.82) is 0 Å². The minimum absolute atomic E-state index is 0.149. The fourth-order valence-electron chi connectivity index (χ4n) is 2.20. The van der Waals surface area contributed by atoms with Crippen LogP contribution in [-0.2, 0) is 10.2 Å². The molecule has 1 amide bonds. The Morgan fingerprint density at radius 1 is 1.25 bits per heavy atom. The zero-order valence-corrected chi connectivity index (χ0v) is 11.6. The maximum Gasteiger partial charge on any atom is 0.293 e. The molecule has 9 nitrogen and oxygen atoms in total. The molecule has 1 saturated carbocycles. The third kappa shape index (κ3) is 2.67. The van der Waals surface area contributed by atoms with E-state index in [4.69, 9.17) is 5.14 Å². The summed E-state index contributed by atoms with van der Waals surface area (Å²) in [6.07, 6.45) is 2.16. The molecule has 2 fully saturated rings. The van der Waals surface area contributed by atoms with Gasteiger partial charge in [-0.3, -0.25) is 9.89 Å². The predicted octanol–water partition coefficient (Wildman–Crippen LogP) is -1.36. The summed E-state index contributed by atoms with van der Waals surface area (Å²) in [5.41, 5.74) is 0. The molecule has 1 aliphatic heterocycles. The molecule has 0 spiro atoms. The lowest BCUT2D eigenvalue weighted by Crippen LogP contribution is -2.52. The van der Waals surface area contributed by atoms with Crippen LogP contribution in [0.4, 0.5) is 0 Å². The van der Waals surface area contributed by atoms with Gasteiger partial charge in [-0.15, -0.1) is 5.10 Å². The quantitative estimate of drug-likeness (QED) is 0.713. The third-order valence-corrected chi connectivity index (χ3v) is 4.63. The summed E-state index contributed by atoms with van der Waals surface area (Å²) in [5.74, 6) is 1.04. The third-order valence-electron chi connectivity index (χ3n) is 3.54. The van der Waals surface area contributed by atoms with Gasteiger partial charge in [-0.05, 0) is 12.8 Å². The van der Waals surface area contributed by atoms with E-state index in [0.717, 1.165) is 23.0 Å². The molecule has 1 aromatic rings. The molecule has 10 heteroatoms. The highest BCUT2D eigenvalue weighted by molar-refractivity contribution is 7.86. The Kier molecular flexibility index (Phi) is 3.22. The Balaban J connectivity index is 1.63. The highest BCUT2D eigenvalue weighted by Crippen LogP contribution is 2.37. The first-order valence-corrected chi connectivity index (χ1v) is 7.95. The number of hydrogen-bond donors (Lipinski definition) is 2. The fraction of sp³-hybridized carbons (Fsp3) is 0.700. The molecule has 1 aromatic heterocycles. The summed E-state index contributed by atoms with van der Waals surface area (Å²) in [7, 11) is -3.68. The number of aromatic nitrogens is 3. The summed E-state index contributed by atoms with van der Waals surface area (Å²) in [6.45, 7) is 0.986. The molecule has 1 saturated heterocycles. The number of nitrogens with zero attached hydrogens (tertiary/aromatic N) is 4. The Morgan fingerprint density at radius 2 is 1.90 bits per heavy atom. The van der Waals surface area contributed by atoms with Crippen molar-refractivity contribution < 1.29 is 13.2 Å².